The number of nitrogens with one attached hydrogen (secondary N) is 1. The summed E-state index contributed by atoms with van der Waals surface area (Å²) in [5, 5.41) is 11.9. The SMILES string of the molecule is C=CC(=O)Nc1cccc(C(=O)N2CCN(c3nccnc3C#N)CC2C)c1. The molecule has 1 unspecified atom stereocenters. The van der Waals surface area contributed by atoms with Crippen molar-refractivity contribution in [1.82, 2.24) is 14.9 Å². The third-order valence-electron chi connectivity index (χ3n) is 4.54. The van der Waals surface area contributed by atoms with Gasteiger partial charge in [0.25, 0.3) is 5.91 Å². The van der Waals surface area contributed by atoms with E-state index in [0.717, 1.165) is 0 Å². The number of amides is 2. The Bertz CT molecular complexity index is 952. The molecular formula is C20H20N6O2. The van der Waals surface area contributed by atoms with Crippen LogP contribution in [0.4, 0.5) is 11.5 Å². The van der Waals surface area contributed by atoms with Gasteiger partial charge >= 0.3 is 0 Å². The molecule has 1 aliphatic heterocycles. The van der Waals surface area contributed by atoms with Crippen LogP contribution in [0.5, 0.6) is 0 Å². The first-order valence-electron chi connectivity index (χ1n) is 8.84. The van der Waals surface area contributed by atoms with Crippen LogP contribution in [-0.4, -0.2) is 52.4 Å². The summed E-state index contributed by atoms with van der Waals surface area (Å²) in [5.41, 5.74) is 1.32. The van der Waals surface area contributed by atoms with E-state index in [1.165, 1.54) is 12.3 Å². The van der Waals surface area contributed by atoms with Crippen molar-refractivity contribution in [1.29, 1.82) is 5.26 Å². The lowest BCUT2D eigenvalue weighted by molar-refractivity contribution is -0.111. The smallest absolute Gasteiger partial charge is 0.254 e. The lowest BCUT2D eigenvalue weighted by atomic mass is 10.1. The van der Waals surface area contributed by atoms with Gasteiger partial charge in [0, 0.05) is 49.3 Å². The van der Waals surface area contributed by atoms with Gasteiger partial charge in [-0.1, -0.05) is 12.6 Å². The number of hydrogen-bond acceptors (Lipinski definition) is 6. The molecule has 0 radical (unpaired) electrons. The van der Waals surface area contributed by atoms with Gasteiger partial charge < -0.3 is 15.1 Å². The molecule has 1 atom stereocenters. The number of carbonyl (C=O) groups excluding carboxylic acids is 2. The van der Waals surface area contributed by atoms with Crippen LogP contribution in [0.1, 0.15) is 23.0 Å². The monoisotopic (exact) mass is 376 g/mol. The Kier molecular flexibility index (Phi) is 5.65. The molecule has 1 aromatic carbocycles. The molecule has 1 aromatic heterocycles. The highest BCUT2D eigenvalue weighted by atomic mass is 16.2. The van der Waals surface area contributed by atoms with Gasteiger partial charge in [-0.05, 0) is 31.2 Å². The number of benzene rings is 1. The summed E-state index contributed by atoms with van der Waals surface area (Å²) in [6.07, 6.45) is 4.22. The molecule has 1 N–H and O–H groups in total. The largest absolute Gasteiger partial charge is 0.350 e. The molecule has 8 nitrogen and oxygen atoms in total. The van der Waals surface area contributed by atoms with Gasteiger partial charge in [0.2, 0.25) is 5.91 Å². The average Bonchev–Trinajstić information content (AvgIpc) is 2.73. The highest BCUT2D eigenvalue weighted by molar-refractivity contribution is 6.00. The molecule has 1 aliphatic rings. The molecule has 2 heterocycles. The third kappa shape index (κ3) is 3.99. The molecule has 1 fully saturated rings. The number of carbonyl (C=O) groups is 2. The molecular weight excluding hydrogens is 356 g/mol. The number of rotatable bonds is 4. The average molecular weight is 376 g/mol. The zero-order valence-electron chi connectivity index (χ0n) is 15.5. The van der Waals surface area contributed by atoms with Crippen LogP contribution in [0.25, 0.3) is 0 Å². The Labute approximate surface area is 163 Å². The Hall–Kier alpha value is -3.73. The Morgan fingerprint density at radius 1 is 1.32 bits per heavy atom. The number of nitriles is 1. The van der Waals surface area contributed by atoms with Crippen LogP contribution in [0.3, 0.4) is 0 Å². The molecule has 1 saturated heterocycles. The predicted molar refractivity (Wildman–Crippen MR) is 105 cm³/mol. The minimum atomic E-state index is -0.330. The molecule has 3 rings (SSSR count). The van der Waals surface area contributed by atoms with E-state index in [0.29, 0.717) is 36.7 Å². The Morgan fingerprint density at radius 2 is 2.11 bits per heavy atom. The van der Waals surface area contributed by atoms with E-state index < -0.39 is 0 Å². The normalized spacial score (nSPS) is 16.2. The van der Waals surface area contributed by atoms with Crippen LogP contribution in [0, 0.1) is 11.3 Å². The zero-order valence-corrected chi connectivity index (χ0v) is 15.5. The highest BCUT2D eigenvalue weighted by Gasteiger charge is 2.30. The summed E-state index contributed by atoms with van der Waals surface area (Å²) in [5.74, 6) is 0.100. The second-order valence-electron chi connectivity index (χ2n) is 6.41. The zero-order chi connectivity index (χ0) is 20.1. The van der Waals surface area contributed by atoms with Gasteiger partial charge in [0.15, 0.2) is 11.5 Å². The summed E-state index contributed by atoms with van der Waals surface area (Å²) in [7, 11) is 0. The summed E-state index contributed by atoms with van der Waals surface area (Å²) in [4.78, 5) is 36.5. The van der Waals surface area contributed by atoms with Gasteiger partial charge in [-0.15, -0.1) is 0 Å². The maximum atomic E-state index is 13.0. The van der Waals surface area contributed by atoms with Gasteiger partial charge in [0.1, 0.15) is 6.07 Å². The molecule has 0 saturated carbocycles. The molecule has 0 spiro atoms. The van der Waals surface area contributed by atoms with Crippen molar-refractivity contribution >= 4 is 23.3 Å². The van der Waals surface area contributed by atoms with Gasteiger partial charge in [0.05, 0.1) is 0 Å². The molecule has 0 aliphatic carbocycles. The lowest BCUT2D eigenvalue weighted by Gasteiger charge is -2.40. The minimum absolute atomic E-state index is 0.0822. The van der Waals surface area contributed by atoms with Crippen molar-refractivity contribution in [2.45, 2.75) is 13.0 Å². The molecule has 142 valence electrons. The molecule has 8 heteroatoms. The van der Waals surface area contributed by atoms with Crippen molar-refractivity contribution in [2.75, 3.05) is 29.9 Å². The fourth-order valence-electron chi connectivity index (χ4n) is 3.18. The van der Waals surface area contributed by atoms with Gasteiger partial charge in [-0.2, -0.15) is 5.26 Å². The van der Waals surface area contributed by atoms with Crippen molar-refractivity contribution in [3.63, 3.8) is 0 Å². The van der Waals surface area contributed by atoms with Crippen LogP contribution in [0.15, 0.2) is 49.3 Å². The maximum absolute atomic E-state index is 13.0. The Morgan fingerprint density at radius 3 is 2.82 bits per heavy atom. The fourth-order valence-corrected chi connectivity index (χ4v) is 3.18. The van der Waals surface area contributed by atoms with Crippen molar-refractivity contribution in [3.05, 3.63) is 60.6 Å². The number of aromatic nitrogens is 2. The van der Waals surface area contributed by atoms with E-state index in [2.05, 4.69) is 27.9 Å². The number of anilines is 2. The fraction of sp³-hybridized carbons (Fsp3) is 0.250. The molecule has 28 heavy (non-hydrogen) atoms. The predicted octanol–water partition coefficient (Wildman–Crippen LogP) is 1.82. The van der Waals surface area contributed by atoms with Crippen LogP contribution >= 0.6 is 0 Å². The summed E-state index contributed by atoms with van der Waals surface area (Å²) in [6.45, 7) is 6.97. The number of piperazine rings is 1. The minimum Gasteiger partial charge on any atom is -0.350 e. The topological polar surface area (TPSA) is 102 Å². The van der Waals surface area contributed by atoms with Crippen LogP contribution in [0.2, 0.25) is 0 Å². The van der Waals surface area contributed by atoms with E-state index in [1.54, 1.807) is 35.4 Å². The molecule has 2 amide bonds. The quantitative estimate of drug-likeness (QED) is 0.817. The molecule has 2 aromatic rings. The van der Waals surface area contributed by atoms with Crippen LogP contribution in [-0.2, 0) is 4.79 Å². The van der Waals surface area contributed by atoms with E-state index in [1.807, 2.05) is 11.8 Å². The standard InChI is InChI=1S/C20H20N6O2/c1-3-18(27)24-16-6-4-5-15(11-16)20(28)26-10-9-25(13-14(26)2)19-17(12-21)22-7-8-23-19/h3-8,11,14H,1,9-10,13H2,2H3,(H,24,27). The first kappa shape index (κ1) is 19.0. The summed E-state index contributed by atoms with van der Waals surface area (Å²) in [6, 6.07) is 8.80. The summed E-state index contributed by atoms with van der Waals surface area (Å²) >= 11 is 0. The van der Waals surface area contributed by atoms with E-state index in [4.69, 9.17) is 0 Å². The second kappa shape index (κ2) is 8.31. The maximum Gasteiger partial charge on any atom is 0.254 e. The van der Waals surface area contributed by atoms with E-state index in [-0.39, 0.29) is 23.6 Å². The Balaban J connectivity index is 1.73. The highest BCUT2D eigenvalue weighted by Crippen LogP contribution is 2.21. The first-order valence-corrected chi connectivity index (χ1v) is 8.84. The van der Waals surface area contributed by atoms with Crippen LogP contribution < -0.4 is 10.2 Å². The summed E-state index contributed by atoms with van der Waals surface area (Å²) < 4.78 is 0. The van der Waals surface area contributed by atoms with Gasteiger partial charge in [-0.25, -0.2) is 9.97 Å². The second-order valence-corrected chi connectivity index (χ2v) is 6.41. The number of hydrogen-bond donors (Lipinski definition) is 1. The third-order valence-corrected chi connectivity index (χ3v) is 4.54. The van der Waals surface area contributed by atoms with E-state index >= 15 is 0 Å². The van der Waals surface area contributed by atoms with Crippen molar-refractivity contribution < 1.29 is 9.59 Å². The number of nitrogens with zero attached hydrogens (tertiary/aromatic N) is 5. The van der Waals surface area contributed by atoms with E-state index in [9.17, 15) is 14.9 Å². The first-order chi connectivity index (χ1) is 13.5. The van der Waals surface area contributed by atoms with Crippen molar-refractivity contribution in [3.8, 4) is 6.07 Å². The molecule has 0 bridgehead atoms. The van der Waals surface area contributed by atoms with Crippen molar-refractivity contribution in [2.24, 2.45) is 0 Å². The lowest BCUT2D eigenvalue weighted by Crippen LogP contribution is -2.54. The van der Waals surface area contributed by atoms with Gasteiger partial charge in [-0.3, -0.25) is 9.59 Å².